The Morgan fingerprint density at radius 2 is 1.44 bits per heavy atom. The third kappa shape index (κ3) is 2.60. The largest absolute Gasteiger partial charge is 0.504 e. The molecule has 2 aromatic carbocycles. The van der Waals surface area contributed by atoms with Crippen LogP contribution in [0.2, 0.25) is 0 Å². The van der Waals surface area contributed by atoms with Crippen LogP contribution in [-0.2, 0) is 0 Å². The highest BCUT2D eigenvalue weighted by molar-refractivity contribution is 5.95. The molecule has 0 aliphatic carbocycles. The van der Waals surface area contributed by atoms with E-state index in [4.69, 9.17) is 18.6 Å². The summed E-state index contributed by atoms with van der Waals surface area (Å²) in [6.07, 6.45) is 0. The number of phenolic OH excluding ortho intramolecular Hbond substituents is 4. The van der Waals surface area contributed by atoms with Crippen LogP contribution in [0.25, 0.3) is 22.3 Å². The lowest BCUT2D eigenvalue weighted by Crippen LogP contribution is -2.08. The molecule has 0 bridgehead atoms. The van der Waals surface area contributed by atoms with E-state index in [1.165, 1.54) is 27.4 Å². The van der Waals surface area contributed by atoms with Crippen LogP contribution >= 0.6 is 0 Å². The van der Waals surface area contributed by atoms with Gasteiger partial charge in [-0.2, -0.15) is 0 Å². The number of phenols is 4. The first kappa shape index (κ1) is 18.1. The van der Waals surface area contributed by atoms with Gasteiger partial charge >= 0.3 is 0 Å². The van der Waals surface area contributed by atoms with Gasteiger partial charge in [-0.3, -0.25) is 4.79 Å². The molecule has 4 N–H and O–H groups in total. The Labute approximate surface area is 152 Å². The third-order valence-electron chi connectivity index (χ3n) is 4.05. The van der Waals surface area contributed by atoms with E-state index in [1.54, 1.807) is 12.1 Å². The van der Waals surface area contributed by atoms with Crippen molar-refractivity contribution in [3.63, 3.8) is 0 Å². The van der Waals surface area contributed by atoms with Gasteiger partial charge in [-0.15, -0.1) is 0 Å². The van der Waals surface area contributed by atoms with E-state index in [-0.39, 0.29) is 11.5 Å². The summed E-state index contributed by atoms with van der Waals surface area (Å²) in [6, 6.07) is 4.65. The van der Waals surface area contributed by atoms with E-state index < -0.39 is 39.4 Å². The minimum absolute atomic E-state index is 0.0873. The molecule has 1 aromatic heterocycles. The van der Waals surface area contributed by atoms with Crippen LogP contribution in [0.5, 0.6) is 40.2 Å². The zero-order valence-corrected chi connectivity index (χ0v) is 14.6. The highest BCUT2D eigenvalue weighted by Gasteiger charge is 2.27. The molecular formula is C18H16O9. The first-order valence-corrected chi connectivity index (χ1v) is 7.58. The van der Waals surface area contributed by atoms with Crippen LogP contribution in [0.4, 0.5) is 0 Å². The van der Waals surface area contributed by atoms with Crippen LogP contribution in [0.3, 0.4) is 0 Å². The van der Waals surface area contributed by atoms with Gasteiger partial charge in [-0.25, -0.2) is 0 Å². The Bertz CT molecular complexity index is 1100. The summed E-state index contributed by atoms with van der Waals surface area (Å²) in [5, 5.41) is 38.9. The number of benzene rings is 2. The lowest BCUT2D eigenvalue weighted by Gasteiger charge is -2.13. The Morgan fingerprint density at radius 1 is 0.815 bits per heavy atom. The van der Waals surface area contributed by atoms with Gasteiger partial charge in [-0.1, -0.05) is 0 Å². The van der Waals surface area contributed by atoms with Crippen LogP contribution in [0.15, 0.2) is 27.4 Å². The molecule has 0 amide bonds. The SMILES string of the molecule is COc1ccc(-c2oc3c(O)c(O)c(O)c(O)c3c(=O)c2OC)cc1OC. The molecule has 1 heterocycles. The normalized spacial score (nSPS) is 10.8. The van der Waals surface area contributed by atoms with E-state index in [9.17, 15) is 25.2 Å². The average molecular weight is 376 g/mol. The molecule has 27 heavy (non-hydrogen) atoms. The summed E-state index contributed by atoms with van der Waals surface area (Å²) in [5.74, 6) is -3.50. The number of aromatic hydroxyl groups is 4. The fourth-order valence-electron chi connectivity index (χ4n) is 2.70. The number of hydrogen-bond acceptors (Lipinski definition) is 9. The van der Waals surface area contributed by atoms with Crippen molar-refractivity contribution in [3.05, 3.63) is 28.4 Å². The first-order chi connectivity index (χ1) is 12.8. The quantitative estimate of drug-likeness (QED) is 0.399. The number of hydrogen-bond donors (Lipinski definition) is 4. The minimum atomic E-state index is -1.05. The van der Waals surface area contributed by atoms with E-state index in [1.807, 2.05) is 0 Å². The number of fused-ring (bicyclic) bond motifs is 1. The van der Waals surface area contributed by atoms with Crippen molar-refractivity contribution in [1.82, 2.24) is 0 Å². The molecule has 0 saturated carbocycles. The lowest BCUT2D eigenvalue weighted by molar-refractivity contribution is 0.344. The Kier molecular flexibility index (Phi) is 4.36. The average Bonchev–Trinajstić information content (AvgIpc) is 2.69. The van der Waals surface area contributed by atoms with Crippen molar-refractivity contribution in [2.24, 2.45) is 0 Å². The van der Waals surface area contributed by atoms with Gasteiger partial charge in [-0.05, 0) is 18.2 Å². The van der Waals surface area contributed by atoms with E-state index >= 15 is 0 Å². The standard InChI is InChI=1S/C18H16O9/c1-24-8-5-4-7(6-9(8)25-2)16-18(26-3)12(20)10-11(19)13(21)14(22)15(23)17(10)27-16/h4-6,19,21-23H,1-3H3. The third-order valence-corrected chi connectivity index (χ3v) is 4.05. The molecule has 9 nitrogen and oxygen atoms in total. The highest BCUT2D eigenvalue weighted by atomic mass is 16.5. The van der Waals surface area contributed by atoms with E-state index in [0.717, 1.165) is 0 Å². The predicted molar refractivity (Wildman–Crippen MR) is 94.2 cm³/mol. The molecule has 9 heteroatoms. The Morgan fingerprint density at radius 3 is 2.04 bits per heavy atom. The maximum absolute atomic E-state index is 12.8. The molecule has 0 aliphatic heterocycles. The van der Waals surface area contributed by atoms with Crippen molar-refractivity contribution in [2.45, 2.75) is 0 Å². The molecule has 0 unspecified atom stereocenters. The maximum atomic E-state index is 12.8. The molecule has 0 aliphatic rings. The highest BCUT2D eigenvalue weighted by Crippen LogP contribution is 2.49. The molecular weight excluding hydrogens is 360 g/mol. The van der Waals surface area contributed by atoms with Crippen LogP contribution in [0, 0.1) is 0 Å². The van der Waals surface area contributed by atoms with Gasteiger partial charge in [0, 0.05) is 5.56 Å². The van der Waals surface area contributed by atoms with Gasteiger partial charge in [0.25, 0.3) is 0 Å². The minimum Gasteiger partial charge on any atom is -0.504 e. The van der Waals surface area contributed by atoms with Crippen LogP contribution in [0.1, 0.15) is 0 Å². The van der Waals surface area contributed by atoms with Gasteiger partial charge in [0.15, 0.2) is 28.6 Å². The van der Waals surface area contributed by atoms with E-state index in [0.29, 0.717) is 17.1 Å². The van der Waals surface area contributed by atoms with Crippen LogP contribution in [-0.4, -0.2) is 41.8 Å². The lowest BCUT2D eigenvalue weighted by atomic mass is 10.1. The summed E-state index contributed by atoms with van der Waals surface area (Å²) in [7, 11) is 4.12. The van der Waals surface area contributed by atoms with Crippen molar-refractivity contribution < 1.29 is 39.1 Å². The van der Waals surface area contributed by atoms with Crippen molar-refractivity contribution in [2.75, 3.05) is 21.3 Å². The summed E-state index contributed by atoms with van der Waals surface area (Å²) < 4.78 is 21.1. The molecule has 0 fully saturated rings. The van der Waals surface area contributed by atoms with E-state index in [2.05, 4.69) is 0 Å². The monoisotopic (exact) mass is 376 g/mol. The van der Waals surface area contributed by atoms with Crippen molar-refractivity contribution in [1.29, 1.82) is 0 Å². The fourth-order valence-corrected chi connectivity index (χ4v) is 2.70. The molecule has 142 valence electrons. The second kappa shape index (κ2) is 6.52. The topological polar surface area (TPSA) is 139 Å². The first-order valence-electron chi connectivity index (χ1n) is 7.58. The summed E-state index contributed by atoms with van der Waals surface area (Å²) in [4.78, 5) is 12.8. The molecule has 0 saturated heterocycles. The van der Waals surface area contributed by atoms with Crippen molar-refractivity contribution >= 4 is 11.0 Å². The predicted octanol–water partition coefficient (Wildman–Crippen LogP) is 2.31. The zero-order valence-electron chi connectivity index (χ0n) is 14.6. The zero-order chi connectivity index (χ0) is 19.9. The number of rotatable bonds is 4. The summed E-state index contributed by atoms with van der Waals surface area (Å²) >= 11 is 0. The molecule has 3 aromatic rings. The number of methoxy groups -OCH3 is 3. The van der Waals surface area contributed by atoms with Gasteiger partial charge in [0.2, 0.25) is 28.4 Å². The number of ether oxygens (including phenoxy) is 3. The second-order valence-electron chi connectivity index (χ2n) is 5.46. The van der Waals surface area contributed by atoms with Gasteiger partial charge in [0.05, 0.1) is 21.3 Å². The second-order valence-corrected chi connectivity index (χ2v) is 5.46. The Hall–Kier alpha value is -3.75. The Balaban J connectivity index is 2.43. The molecule has 3 rings (SSSR count). The summed E-state index contributed by atoms with van der Waals surface area (Å²) in [5.41, 5.74) is -1.03. The smallest absolute Gasteiger partial charge is 0.239 e. The van der Waals surface area contributed by atoms with Crippen LogP contribution < -0.4 is 19.6 Å². The fraction of sp³-hybridized carbons (Fsp3) is 0.167. The van der Waals surface area contributed by atoms with Crippen molar-refractivity contribution in [3.8, 4) is 51.6 Å². The maximum Gasteiger partial charge on any atom is 0.239 e. The van der Waals surface area contributed by atoms with Gasteiger partial charge < -0.3 is 39.1 Å². The molecule has 0 atom stereocenters. The summed E-state index contributed by atoms with van der Waals surface area (Å²) in [6.45, 7) is 0. The molecule has 0 radical (unpaired) electrons. The van der Waals surface area contributed by atoms with Gasteiger partial charge in [0.1, 0.15) is 5.39 Å². The molecule has 0 spiro atoms.